The van der Waals surface area contributed by atoms with Gasteiger partial charge in [-0.05, 0) is 30.9 Å². The minimum Gasteiger partial charge on any atom is -0.496 e. The van der Waals surface area contributed by atoms with Gasteiger partial charge in [0, 0.05) is 30.1 Å². The molecule has 1 aliphatic rings. The first-order chi connectivity index (χ1) is 11.9. The molecule has 4 rings (SSSR count). The standard InChI is InChI=1S/C21H22N2O/c1-24-20-11-5-3-7-16(20)12-14-23-13-6-10-19-21(23)18-9-4-2-8-17(18)15-22-19/h2-5,7-9,11,15H,6,10,12-14H2,1H3. The molecule has 0 atom stereocenters. The molecule has 122 valence electrons. The first kappa shape index (κ1) is 15.0. The summed E-state index contributed by atoms with van der Waals surface area (Å²) < 4.78 is 5.49. The molecule has 0 fully saturated rings. The van der Waals surface area contributed by atoms with E-state index in [4.69, 9.17) is 9.72 Å². The van der Waals surface area contributed by atoms with E-state index < -0.39 is 0 Å². The summed E-state index contributed by atoms with van der Waals surface area (Å²) in [5, 5.41) is 2.54. The van der Waals surface area contributed by atoms with Crippen molar-refractivity contribution in [2.75, 3.05) is 25.1 Å². The number of fused-ring (bicyclic) bond motifs is 3. The van der Waals surface area contributed by atoms with Crippen LogP contribution in [0.5, 0.6) is 5.75 Å². The summed E-state index contributed by atoms with van der Waals surface area (Å²) in [6, 6.07) is 16.9. The highest BCUT2D eigenvalue weighted by atomic mass is 16.5. The Hall–Kier alpha value is -2.55. The number of anilines is 1. The summed E-state index contributed by atoms with van der Waals surface area (Å²) in [5.41, 5.74) is 3.83. The van der Waals surface area contributed by atoms with Crippen molar-refractivity contribution in [2.45, 2.75) is 19.3 Å². The van der Waals surface area contributed by atoms with Crippen molar-refractivity contribution < 1.29 is 4.74 Å². The second-order valence-corrected chi connectivity index (χ2v) is 6.29. The third-order valence-electron chi connectivity index (χ3n) is 4.85. The molecule has 3 heteroatoms. The van der Waals surface area contributed by atoms with E-state index in [9.17, 15) is 0 Å². The van der Waals surface area contributed by atoms with Crippen LogP contribution in [0.3, 0.4) is 0 Å². The zero-order valence-electron chi connectivity index (χ0n) is 14.0. The average Bonchev–Trinajstić information content (AvgIpc) is 2.66. The van der Waals surface area contributed by atoms with Gasteiger partial charge in [-0.3, -0.25) is 4.98 Å². The van der Waals surface area contributed by atoms with Gasteiger partial charge < -0.3 is 9.64 Å². The van der Waals surface area contributed by atoms with Gasteiger partial charge in [-0.25, -0.2) is 0 Å². The van der Waals surface area contributed by atoms with Gasteiger partial charge in [0.05, 0.1) is 18.5 Å². The van der Waals surface area contributed by atoms with Crippen LogP contribution < -0.4 is 9.64 Å². The molecule has 2 aromatic carbocycles. The molecular formula is C21H22N2O. The fourth-order valence-corrected chi connectivity index (χ4v) is 3.66. The molecule has 0 radical (unpaired) electrons. The lowest BCUT2D eigenvalue weighted by Crippen LogP contribution is -2.32. The third-order valence-corrected chi connectivity index (χ3v) is 4.85. The maximum atomic E-state index is 5.49. The molecule has 0 bridgehead atoms. The normalized spacial score (nSPS) is 13.8. The van der Waals surface area contributed by atoms with Crippen molar-refractivity contribution in [1.82, 2.24) is 4.98 Å². The molecule has 3 nitrogen and oxygen atoms in total. The number of benzene rings is 2. The zero-order chi connectivity index (χ0) is 16.4. The van der Waals surface area contributed by atoms with Gasteiger partial charge in [0.25, 0.3) is 0 Å². The Labute approximate surface area is 142 Å². The topological polar surface area (TPSA) is 25.4 Å². The van der Waals surface area contributed by atoms with Crippen molar-refractivity contribution in [2.24, 2.45) is 0 Å². The van der Waals surface area contributed by atoms with Crippen molar-refractivity contribution in [3.8, 4) is 5.75 Å². The Morgan fingerprint density at radius 2 is 1.92 bits per heavy atom. The highest BCUT2D eigenvalue weighted by molar-refractivity contribution is 5.95. The summed E-state index contributed by atoms with van der Waals surface area (Å²) in [6.07, 6.45) is 5.24. The van der Waals surface area contributed by atoms with Gasteiger partial charge in [-0.1, -0.05) is 42.5 Å². The lowest BCUT2D eigenvalue weighted by Gasteiger charge is -2.32. The summed E-state index contributed by atoms with van der Waals surface area (Å²) in [4.78, 5) is 7.22. The predicted octanol–water partition coefficient (Wildman–Crippen LogP) is 4.24. The molecule has 2 heterocycles. The van der Waals surface area contributed by atoms with E-state index in [-0.39, 0.29) is 0 Å². The number of ether oxygens (including phenoxy) is 1. The number of nitrogens with zero attached hydrogens (tertiary/aromatic N) is 2. The Bertz CT molecular complexity index is 859. The second kappa shape index (κ2) is 6.52. The SMILES string of the molecule is COc1ccccc1CCN1CCCc2ncc3ccccc3c21. The molecular weight excluding hydrogens is 296 g/mol. The third kappa shape index (κ3) is 2.71. The Morgan fingerprint density at radius 3 is 2.83 bits per heavy atom. The van der Waals surface area contributed by atoms with Crippen LogP contribution >= 0.6 is 0 Å². The number of rotatable bonds is 4. The van der Waals surface area contributed by atoms with Crippen LogP contribution in [-0.4, -0.2) is 25.2 Å². The molecule has 0 aliphatic carbocycles. The van der Waals surface area contributed by atoms with Gasteiger partial charge in [-0.15, -0.1) is 0 Å². The Kier molecular flexibility index (Phi) is 4.08. The summed E-state index contributed by atoms with van der Waals surface area (Å²) >= 11 is 0. The van der Waals surface area contributed by atoms with E-state index >= 15 is 0 Å². The van der Waals surface area contributed by atoms with E-state index in [0.717, 1.165) is 31.7 Å². The van der Waals surface area contributed by atoms with Crippen molar-refractivity contribution in [3.05, 3.63) is 66.0 Å². The molecule has 0 N–H and O–H groups in total. The van der Waals surface area contributed by atoms with Crippen LogP contribution in [0.4, 0.5) is 5.69 Å². The van der Waals surface area contributed by atoms with E-state index in [0.29, 0.717) is 0 Å². The maximum absolute atomic E-state index is 5.49. The molecule has 0 amide bonds. The minimum atomic E-state index is 0.978. The summed E-state index contributed by atoms with van der Waals surface area (Å²) in [5.74, 6) is 0.978. The number of hydrogen-bond donors (Lipinski definition) is 0. The minimum absolute atomic E-state index is 0.978. The van der Waals surface area contributed by atoms with Crippen LogP contribution in [0.15, 0.2) is 54.7 Å². The van der Waals surface area contributed by atoms with Gasteiger partial charge in [0.2, 0.25) is 0 Å². The molecule has 1 aromatic heterocycles. The lowest BCUT2D eigenvalue weighted by molar-refractivity contribution is 0.409. The smallest absolute Gasteiger partial charge is 0.122 e. The average molecular weight is 318 g/mol. The van der Waals surface area contributed by atoms with E-state index in [1.54, 1.807) is 7.11 Å². The van der Waals surface area contributed by atoms with E-state index in [2.05, 4.69) is 41.3 Å². The number of hydrogen-bond acceptors (Lipinski definition) is 3. The van der Waals surface area contributed by atoms with E-state index in [1.165, 1.54) is 34.1 Å². The second-order valence-electron chi connectivity index (χ2n) is 6.29. The molecule has 0 saturated heterocycles. The molecule has 24 heavy (non-hydrogen) atoms. The van der Waals surface area contributed by atoms with E-state index in [1.807, 2.05) is 18.3 Å². The largest absolute Gasteiger partial charge is 0.496 e. The number of para-hydroxylation sites is 1. The maximum Gasteiger partial charge on any atom is 0.122 e. The number of aryl methyl sites for hydroxylation is 1. The summed E-state index contributed by atoms with van der Waals surface area (Å²) in [7, 11) is 1.74. The molecule has 3 aromatic rings. The van der Waals surface area contributed by atoms with Crippen LogP contribution in [0.1, 0.15) is 17.7 Å². The first-order valence-corrected chi connectivity index (χ1v) is 8.60. The quantitative estimate of drug-likeness (QED) is 0.719. The van der Waals surface area contributed by atoms with Gasteiger partial charge in [-0.2, -0.15) is 0 Å². The summed E-state index contributed by atoms with van der Waals surface area (Å²) in [6.45, 7) is 2.08. The van der Waals surface area contributed by atoms with Gasteiger partial charge in [0.1, 0.15) is 5.75 Å². The Morgan fingerprint density at radius 1 is 1.08 bits per heavy atom. The lowest BCUT2D eigenvalue weighted by atomic mass is 10.0. The number of pyridine rings is 1. The molecule has 0 saturated carbocycles. The van der Waals surface area contributed by atoms with Crippen molar-refractivity contribution >= 4 is 16.5 Å². The number of aromatic nitrogens is 1. The highest BCUT2D eigenvalue weighted by Crippen LogP contribution is 2.33. The van der Waals surface area contributed by atoms with Crippen LogP contribution in [0, 0.1) is 0 Å². The molecule has 0 spiro atoms. The van der Waals surface area contributed by atoms with Crippen molar-refractivity contribution in [1.29, 1.82) is 0 Å². The zero-order valence-corrected chi connectivity index (χ0v) is 14.0. The fourth-order valence-electron chi connectivity index (χ4n) is 3.66. The van der Waals surface area contributed by atoms with Crippen LogP contribution in [-0.2, 0) is 12.8 Å². The molecule has 1 aliphatic heterocycles. The highest BCUT2D eigenvalue weighted by Gasteiger charge is 2.20. The number of methoxy groups -OCH3 is 1. The fraction of sp³-hybridized carbons (Fsp3) is 0.286. The molecule has 0 unspecified atom stereocenters. The Balaban J connectivity index is 1.65. The van der Waals surface area contributed by atoms with Gasteiger partial charge in [0.15, 0.2) is 0 Å². The first-order valence-electron chi connectivity index (χ1n) is 8.60. The van der Waals surface area contributed by atoms with Crippen molar-refractivity contribution in [3.63, 3.8) is 0 Å². The van der Waals surface area contributed by atoms with Crippen LogP contribution in [0.2, 0.25) is 0 Å². The predicted molar refractivity (Wildman–Crippen MR) is 99.0 cm³/mol. The van der Waals surface area contributed by atoms with Gasteiger partial charge >= 0.3 is 0 Å². The van der Waals surface area contributed by atoms with Crippen LogP contribution in [0.25, 0.3) is 10.8 Å². The monoisotopic (exact) mass is 318 g/mol.